The number of hydrogen-bond acceptors (Lipinski definition) is 3. The molecule has 1 fully saturated rings. The molecule has 1 amide bonds. The van der Waals surface area contributed by atoms with Crippen molar-refractivity contribution in [1.82, 2.24) is 5.32 Å². The molecule has 4 heteroatoms. The molecule has 1 saturated heterocycles. The number of nitrogens with two attached hydrogens (primary N) is 1. The fourth-order valence-corrected chi connectivity index (χ4v) is 2.59. The lowest BCUT2D eigenvalue weighted by Gasteiger charge is -2.16. The molecule has 1 aliphatic rings. The molecular weight excluding hydrogens is 172 g/mol. The van der Waals surface area contributed by atoms with Crippen LogP contribution < -0.4 is 11.1 Å². The molecule has 3 N–H and O–H groups in total. The van der Waals surface area contributed by atoms with Crippen molar-refractivity contribution in [2.24, 2.45) is 5.73 Å². The summed E-state index contributed by atoms with van der Waals surface area (Å²) in [4.78, 5) is 10.6. The van der Waals surface area contributed by atoms with Crippen LogP contribution in [0.4, 0.5) is 0 Å². The van der Waals surface area contributed by atoms with Gasteiger partial charge in [0, 0.05) is 24.3 Å². The first-order chi connectivity index (χ1) is 5.68. The minimum atomic E-state index is -0.222. The summed E-state index contributed by atoms with van der Waals surface area (Å²) in [6.45, 7) is 2.01. The molecule has 1 rings (SSSR count). The zero-order chi connectivity index (χ0) is 8.97. The van der Waals surface area contributed by atoms with E-state index < -0.39 is 0 Å². The van der Waals surface area contributed by atoms with E-state index in [4.69, 9.17) is 5.73 Å². The third kappa shape index (κ3) is 3.45. The van der Waals surface area contributed by atoms with Gasteiger partial charge in [-0.1, -0.05) is 0 Å². The minimum Gasteiger partial charge on any atom is -0.370 e. The predicted molar refractivity (Wildman–Crippen MR) is 52.1 cm³/mol. The number of carbonyl (C=O) groups excluding carboxylic acids is 1. The number of nitrogens with one attached hydrogen (secondary N) is 1. The lowest BCUT2D eigenvalue weighted by Crippen LogP contribution is -2.38. The van der Waals surface area contributed by atoms with Gasteiger partial charge in [-0.05, 0) is 19.1 Å². The second kappa shape index (κ2) is 4.72. The van der Waals surface area contributed by atoms with Crippen LogP contribution in [0.15, 0.2) is 0 Å². The van der Waals surface area contributed by atoms with E-state index in [2.05, 4.69) is 5.32 Å². The van der Waals surface area contributed by atoms with Gasteiger partial charge >= 0.3 is 0 Å². The number of rotatable bonds is 4. The van der Waals surface area contributed by atoms with Gasteiger partial charge in [-0.25, -0.2) is 0 Å². The molecular formula is C8H16N2OS. The Morgan fingerprint density at radius 2 is 2.58 bits per heavy atom. The number of primary amides is 1. The fourth-order valence-electron chi connectivity index (χ4n) is 1.43. The summed E-state index contributed by atoms with van der Waals surface area (Å²) < 4.78 is 0. The fraction of sp³-hybridized carbons (Fsp3) is 0.875. The van der Waals surface area contributed by atoms with E-state index in [0.717, 1.165) is 0 Å². The van der Waals surface area contributed by atoms with Crippen molar-refractivity contribution in [3.8, 4) is 0 Å². The summed E-state index contributed by atoms with van der Waals surface area (Å²) in [5.74, 6) is 2.19. The summed E-state index contributed by atoms with van der Waals surface area (Å²) in [6.07, 6.45) is 1.66. The maximum Gasteiger partial charge on any atom is 0.218 e. The number of hydrogen-bond donors (Lipinski definition) is 2. The molecule has 0 aliphatic carbocycles. The molecule has 1 aliphatic heterocycles. The molecule has 0 aromatic heterocycles. The highest BCUT2D eigenvalue weighted by atomic mass is 32.2. The van der Waals surface area contributed by atoms with Gasteiger partial charge in [-0.15, -0.1) is 0 Å². The van der Waals surface area contributed by atoms with Gasteiger partial charge in [0.05, 0.1) is 0 Å². The summed E-state index contributed by atoms with van der Waals surface area (Å²) in [6, 6.07) is 0.815. The second-order valence-electron chi connectivity index (χ2n) is 3.30. The van der Waals surface area contributed by atoms with E-state index in [1.165, 1.54) is 17.9 Å². The van der Waals surface area contributed by atoms with E-state index in [0.29, 0.717) is 12.5 Å². The second-order valence-corrected chi connectivity index (χ2v) is 4.45. The van der Waals surface area contributed by atoms with Gasteiger partial charge in [0.25, 0.3) is 0 Å². The quantitative estimate of drug-likeness (QED) is 0.669. The van der Waals surface area contributed by atoms with Crippen LogP contribution in [0.25, 0.3) is 0 Å². The van der Waals surface area contributed by atoms with Gasteiger partial charge in [0.1, 0.15) is 0 Å². The summed E-state index contributed by atoms with van der Waals surface area (Å²) in [7, 11) is 0. The van der Waals surface area contributed by atoms with Crippen LogP contribution in [0.2, 0.25) is 0 Å². The molecule has 70 valence electrons. The van der Waals surface area contributed by atoms with Crippen molar-refractivity contribution >= 4 is 17.7 Å². The zero-order valence-electron chi connectivity index (χ0n) is 7.38. The van der Waals surface area contributed by atoms with Crippen molar-refractivity contribution in [2.45, 2.75) is 31.8 Å². The highest BCUT2D eigenvalue weighted by Crippen LogP contribution is 2.17. The molecule has 0 radical (unpaired) electrons. The first-order valence-electron chi connectivity index (χ1n) is 4.30. The molecule has 2 atom stereocenters. The Kier molecular flexibility index (Phi) is 3.88. The Morgan fingerprint density at radius 3 is 3.08 bits per heavy atom. The molecule has 2 unspecified atom stereocenters. The lowest BCUT2D eigenvalue weighted by molar-refractivity contribution is -0.118. The summed E-state index contributed by atoms with van der Waals surface area (Å²) in [5.41, 5.74) is 5.08. The monoisotopic (exact) mass is 188 g/mol. The van der Waals surface area contributed by atoms with Crippen LogP contribution in [0, 0.1) is 0 Å². The first-order valence-corrected chi connectivity index (χ1v) is 5.46. The molecule has 0 aromatic carbocycles. The van der Waals surface area contributed by atoms with Crippen molar-refractivity contribution in [3.05, 3.63) is 0 Å². The van der Waals surface area contributed by atoms with Gasteiger partial charge in [0.2, 0.25) is 5.91 Å². The Hall–Kier alpha value is -0.220. The Balaban J connectivity index is 2.16. The smallest absolute Gasteiger partial charge is 0.218 e. The van der Waals surface area contributed by atoms with Gasteiger partial charge in [-0.3, -0.25) is 4.79 Å². The molecule has 0 saturated carbocycles. The number of amides is 1. The summed E-state index contributed by atoms with van der Waals surface area (Å²) >= 11 is 1.96. The maximum atomic E-state index is 10.6. The molecule has 1 heterocycles. The number of thioether (sulfide) groups is 1. The largest absolute Gasteiger partial charge is 0.370 e. The third-order valence-electron chi connectivity index (χ3n) is 1.96. The molecule has 12 heavy (non-hydrogen) atoms. The molecule has 0 aromatic rings. The summed E-state index contributed by atoms with van der Waals surface area (Å²) in [5, 5.41) is 3.39. The average molecular weight is 188 g/mol. The molecule has 0 spiro atoms. The van der Waals surface area contributed by atoms with Gasteiger partial charge < -0.3 is 11.1 Å². The Labute approximate surface area is 77.5 Å². The van der Waals surface area contributed by atoms with Crippen molar-refractivity contribution in [1.29, 1.82) is 0 Å². The van der Waals surface area contributed by atoms with Crippen molar-refractivity contribution in [3.63, 3.8) is 0 Å². The number of carbonyl (C=O) groups is 1. The standard InChI is InChI=1S/C8H16N2OS/c1-6(4-8(9)11)10-7-2-3-12-5-7/h6-7,10H,2-5H2,1H3,(H2,9,11). The lowest BCUT2D eigenvalue weighted by atomic mass is 10.2. The SMILES string of the molecule is CC(CC(N)=O)NC1CCSC1. The van der Waals surface area contributed by atoms with Crippen LogP contribution in [-0.4, -0.2) is 29.5 Å². The van der Waals surface area contributed by atoms with E-state index in [-0.39, 0.29) is 11.9 Å². The van der Waals surface area contributed by atoms with Crippen LogP contribution >= 0.6 is 11.8 Å². The topological polar surface area (TPSA) is 55.1 Å². The average Bonchev–Trinajstić information content (AvgIpc) is 2.37. The third-order valence-corrected chi connectivity index (χ3v) is 3.12. The van der Waals surface area contributed by atoms with E-state index in [1.54, 1.807) is 0 Å². The van der Waals surface area contributed by atoms with E-state index >= 15 is 0 Å². The van der Waals surface area contributed by atoms with E-state index in [1.807, 2.05) is 18.7 Å². The van der Waals surface area contributed by atoms with Gasteiger partial charge in [0.15, 0.2) is 0 Å². The van der Waals surface area contributed by atoms with Crippen LogP contribution in [0.3, 0.4) is 0 Å². The van der Waals surface area contributed by atoms with Crippen LogP contribution in [-0.2, 0) is 4.79 Å². The first kappa shape index (κ1) is 9.86. The van der Waals surface area contributed by atoms with E-state index in [9.17, 15) is 4.79 Å². The molecule has 3 nitrogen and oxygen atoms in total. The van der Waals surface area contributed by atoms with Crippen LogP contribution in [0.5, 0.6) is 0 Å². The minimum absolute atomic E-state index is 0.222. The Morgan fingerprint density at radius 1 is 1.83 bits per heavy atom. The van der Waals surface area contributed by atoms with Crippen molar-refractivity contribution < 1.29 is 4.79 Å². The van der Waals surface area contributed by atoms with Gasteiger partial charge in [-0.2, -0.15) is 11.8 Å². The Bertz CT molecular complexity index is 157. The maximum absolute atomic E-state index is 10.6. The highest BCUT2D eigenvalue weighted by molar-refractivity contribution is 7.99. The highest BCUT2D eigenvalue weighted by Gasteiger charge is 2.17. The molecule has 0 bridgehead atoms. The zero-order valence-corrected chi connectivity index (χ0v) is 8.19. The normalized spacial score (nSPS) is 25.6. The van der Waals surface area contributed by atoms with Crippen molar-refractivity contribution in [2.75, 3.05) is 11.5 Å². The predicted octanol–water partition coefficient (Wildman–Crippen LogP) is 0.345. The van der Waals surface area contributed by atoms with Crippen LogP contribution in [0.1, 0.15) is 19.8 Å².